The minimum absolute atomic E-state index is 0.0631. The molecule has 1 aromatic carbocycles. The average Bonchev–Trinajstić information content (AvgIpc) is 2.74. The summed E-state index contributed by atoms with van der Waals surface area (Å²) >= 11 is 0. The van der Waals surface area contributed by atoms with E-state index in [2.05, 4.69) is 18.7 Å². The highest BCUT2D eigenvalue weighted by molar-refractivity contribution is 5.31. The third kappa shape index (κ3) is 5.31. The van der Waals surface area contributed by atoms with E-state index >= 15 is 0 Å². The predicted molar refractivity (Wildman–Crippen MR) is 73.5 cm³/mol. The molecule has 1 aromatic rings. The molecule has 0 spiro atoms. The van der Waals surface area contributed by atoms with E-state index < -0.39 is 0 Å². The van der Waals surface area contributed by atoms with E-state index in [4.69, 9.17) is 0 Å². The van der Waals surface area contributed by atoms with Crippen LogP contribution in [0.15, 0.2) is 18.2 Å². The second kappa shape index (κ2) is 9.17. The second-order valence-corrected chi connectivity index (χ2v) is 4.05. The highest BCUT2D eigenvalue weighted by Crippen LogP contribution is 2.23. The normalized spacial score (nSPS) is 13.1. The Bertz CT molecular complexity index is 308. The van der Waals surface area contributed by atoms with Crippen LogP contribution in [0.5, 0.6) is 0 Å². The molecule has 0 amide bonds. The number of fused-ring (bicyclic) bond motifs is 1. The molecule has 0 radical (unpaired) electrons. The van der Waals surface area contributed by atoms with Crippen LogP contribution >= 0.6 is 0 Å². The molecule has 0 bridgehead atoms. The fraction of sp³-hybridized carbons (Fsp3) is 0.600. The molecule has 1 nitrogen and oxygen atoms in total. The summed E-state index contributed by atoms with van der Waals surface area (Å²) in [6.45, 7) is 10.00. The summed E-state index contributed by atoms with van der Waals surface area (Å²) in [4.78, 5) is 2.10. The van der Waals surface area contributed by atoms with Crippen molar-refractivity contribution in [3.8, 4) is 0 Å². The minimum atomic E-state index is -0.0631. The summed E-state index contributed by atoms with van der Waals surface area (Å²) in [5.41, 5.74) is 2.00. The molecule has 0 saturated carbocycles. The van der Waals surface area contributed by atoms with E-state index in [0.717, 1.165) is 24.2 Å². The second-order valence-electron chi connectivity index (χ2n) is 4.05. The smallest absolute Gasteiger partial charge is 0.128 e. The van der Waals surface area contributed by atoms with E-state index in [1.165, 1.54) is 18.9 Å². The van der Waals surface area contributed by atoms with Crippen molar-refractivity contribution in [1.82, 2.24) is 4.90 Å². The van der Waals surface area contributed by atoms with Crippen molar-refractivity contribution in [3.63, 3.8) is 0 Å². The van der Waals surface area contributed by atoms with Crippen LogP contribution in [0.25, 0.3) is 0 Å². The lowest BCUT2D eigenvalue weighted by atomic mass is 10.1. The van der Waals surface area contributed by atoms with Crippen LogP contribution in [0.4, 0.5) is 4.39 Å². The number of unbranched alkanes of at least 4 members (excludes halogenated alkanes) is 1. The van der Waals surface area contributed by atoms with Crippen LogP contribution < -0.4 is 0 Å². The van der Waals surface area contributed by atoms with Crippen molar-refractivity contribution >= 4 is 0 Å². The summed E-state index contributed by atoms with van der Waals surface area (Å²) in [6.07, 6.45) is 2.64. The Morgan fingerprint density at radius 2 is 1.71 bits per heavy atom. The quantitative estimate of drug-likeness (QED) is 0.692. The van der Waals surface area contributed by atoms with Gasteiger partial charge in [0, 0.05) is 18.7 Å². The van der Waals surface area contributed by atoms with Gasteiger partial charge >= 0.3 is 0 Å². The van der Waals surface area contributed by atoms with Crippen LogP contribution in [0, 0.1) is 5.82 Å². The molecule has 1 heterocycles. The van der Waals surface area contributed by atoms with Gasteiger partial charge in [-0.15, -0.1) is 0 Å². The zero-order valence-electron chi connectivity index (χ0n) is 11.9. The Morgan fingerprint density at radius 1 is 1.12 bits per heavy atom. The Hall–Kier alpha value is -0.890. The molecule has 0 aliphatic carbocycles. The summed E-state index contributed by atoms with van der Waals surface area (Å²) in [5, 5.41) is 0. The molecule has 17 heavy (non-hydrogen) atoms. The van der Waals surface area contributed by atoms with Crippen molar-refractivity contribution in [2.24, 2.45) is 0 Å². The zero-order chi connectivity index (χ0) is 13.3. The highest BCUT2D eigenvalue weighted by Gasteiger charge is 2.17. The largest absolute Gasteiger partial charge is 0.298 e. The maximum absolute atomic E-state index is 13.0. The van der Waals surface area contributed by atoms with E-state index in [-0.39, 0.29) is 5.82 Å². The number of hydrogen-bond donors (Lipinski definition) is 0. The van der Waals surface area contributed by atoms with Gasteiger partial charge in [0.05, 0.1) is 0 Å². The summed E-state index contributed by atoms with van der Waals surface area (Å²) < 4.78 is 13.0. The van der Waals surface area contributed by atoms with Crippen LogP contribution in [0.2, 0.25) is 0 Å². The number of halogens is 1. The predicted octanol–water partition coefficient (Wildman–Crippen LogP) is 4.60. The molecule has 0 fully saturated rings. The van der Waals surface area contributed by atoms with Crippen LogP contribution in [-0.4, -0.2) is 11.9 Å². The molecule has 1 aliphatic heterocycles. The fourth-order valence-corrected chi connectivity index (χ4v) is 1.55. The maximum Gasteiger partial charge on any atom is 0.128 e. The first-order valence-corrected chi connectivity index (χ1v) is 6.63. The number of hydrogen-bond acceptors (Lipinski definition) is 1. The first kappa shape index (κ1) is 16.1. The van der Waals surface area contributed by atoms with Gasteiger partial charge in [-0.05, 0) is 18.7 Å². The van der Waals surface area contributed by atoms with Gasteiger partial charge in [0.15, 0.2) is 0 Å². The van der Waals surface area contributed by atoms with Gasteiger partial charge < -0.3 is 0 Å². The van der Waals surface area contributed by atoms with E-state index in [1.54, 1.807) is 6.07 Å². The lowest BCUT2D eigenvalue weighted by molar-refractivity contribution is 0.350. The lowest BCUT2D eigenvalue weighted by Crippen LogP contribution is -2.07. The lowest BCUT2D eigenvalue weighted by Gasteiger charge is -2.02. The third-order valence-electron chi connectivity index (χ3n) is 2.58. The number of rotatable bonds is 1. The van der Waals surface area contributed by atoms with Gasteiger partial charge in [-0.3, -0.25) is 4.90 Å². The van der Waals surface area contributed by atoms with E-state index in [0.29, 0.717) is 0 Å². The fourth-order valence-electron chi connectivity index (χ4n) is 1.55. The molecule has 98 valence electrons. The maximum atomic E-state index is 13.0. The van der Waals surface area contributed by atoms with Gasteiger partial charge in [0.25, 0.3) is 0 Å². The van der Waals surface area contributed by atoms with Crippen molar-refractivity contribution in [2.45, 2.75) is 53.6 Å². The topological polar surface area (TPSA) is 3.24 Å². The Labute approximate surface area is 106 Å². The number of nitrogens with zero attached hydrogens (tertiary/aromatic N) is 1. The van der Waals surface area contributed by atoms with Crippen molar-refractivity contribution in [1.29, 1.82) is 0 Å². The van der Waals surface area contributed by atoms with Gasteiger partial charge in [-0.2, -0.15) is 0 Å². The molecular formula is C15H26FN. The molecule has 2 rings (SSSR count). The first-order chi connectivity index (χ1) is 8.19. The van der Waals surface area contributed by atoms with Crippen molar-refractivity contribution in [2.75, 3.05) is 7.05 Å². The molecular weight excluding hydrogens is 213 g/mol. The summed E-state index contributed by atoms with van der Waals surface area (Å²) in [7, 11) is 2.00. The molecule has 0 N–H and O–H groups in total. The van der Waals surface area contributed by atoms with Gasteiger partial charge in [-0.1, -0.05) is 52.7 Å². The number of benzene rings is 1. The standard InChI is InChI=1S/C9H10FN.C4H10.C2H6/c1-11-5-7-3-2-4-9(10)8(7)6-11;1-3-4-2;1-2/h2-4H,5-6H2,1H3;3-4H2,1-2H3;1-2H3. The first-order valence-electron chi connectivity index (χ1n) is 6.63. The van der Waals surface area contributed by atoms with Crippen LogP contribution in [0.1, 0.15) is 51.7 Å². The molecule has 1 aliphatic rings. The van der Waals surface area contributed by atoms with Crippen LogP contribution in [-0.2, 0) is 13.1 Å². The average molecular weight is 239 g/mol. The van der Waals surface area contributed by atoms with Crippen molar-refractivity contribution < 1.29 is 4.39 Å². The molecule has 0 atom stereocenters. The minimum Gasteiger partial charge on any atom is -0.298 e. The summed E-state index contributed by atoms with van der Waals surface area (Å²) in [6, 6.07) is 5.28. The molecule has 0 unspecified atom stereocenters. The van der Waals surface area contributed by atoms with Gasteiger partial charge in [0.2, 0.25) is 0 Å². The van der Waals surface area contributed by atoms with Gasteiger partial charge in [-0.25, -0.2) is 4.39 Å². The molecule has 0 aromatic heterocycles. The summed E-state index contributed by atoms with van der Waals surface area (Å²) in [5.74, 6) is -0.0631. The Balaban J connectivity index is 0.000000368. The zero-order valence-corrected chi connectivity index (χ0v) is 11.9. The van der Waals surface area contributed by atoms with E-state index in [1.807, 2.05) is 27.0 Å². The van der Waals surface area contributed by atoms with E-state index in [9.17, 15) is 4.39 Å². The molecule has 0 saturated heterocycles. The van der Waals surface area contributed by atoms with Crippen LogP contribution in [0.3, 0.4) is 0 Å². The monoisotopic (exact) mass is 239 g/mol. The SMILES string of the molecule is CC.CCCC.CN1Cc2cccc(F)c2C1. The molecule has 2 heteroatoms. The third-order valence-corrected chi connectivity index (χ3v) is 2.58. The van der Waals surface area contributed by atoms with Gasteiger partial charge in [0.1, 0.15) is 5.82 Å². The van der Waals surface area contributed by atoms with Crippen molar-refractivity contribution in [3.05, 3.63) is 35.1 Å². The highest BCUT2D eigenvalue weighted by atomic mass is 19.1. The Kier molecular flexibility index (Phi) is 8.69. The Morgan fingerprint density at radius 3 is 2.18 bits per heavy atom.